The van der Waals surface area contributed by atoms with Gasteiger partial charge in [-0.15, -0.1) is 0 Å². The van der Waals surface area contributed by atoms with Crippen molar-refractivity contribution in [3.8, 4) is 67.5 Å². The summed E-state index contributed by atoms with van der Waals surface area (Å²) in [5.41, 5.74) is -1.36. The molecule has 0 N–H and O–H groups in total. The molecule has 3 nitrogen and oxygen atoms in total. The van der Waals surface area contributed by atoms with E-state index in [2.05, 4.69) is 15.0 Å². The summed E-state index contributed by atoms with van der Waals surface area (Å²) in [6.45, 7) is 0. The highest BCUT2D eigenvalue weighted by molar-refractivity contribution is 5.78. The van der Waals surface area contributed by atoms with E-state index in [1.807, 2.05) is 0 Å². The lowest BCUT2D eigenvalue weighted by atomic mass is 9.97. The first-order valence-electron chi connectivity index (χ1n) is 16.2. The van der Waals surface area contributed by atoms with E-state index in [9.17, 15) is 39.5 Å². The van der Waals surface area contributed by atoms with E-state index in [4.69, 9.17) is 0 Å². The summed E-state index contributed by atoms with van der Waals surface area (Å²) in [6.07, 6.45) is -13.9. The van der Waals surface area contributed by atoms with Crippen LogP contribution < -0.4 is 0 Å². The van der Waals surface area contributed by atoms with Crippen LogP contribution in [0.4, 0.5) is 39.5 Å². The molecule has 270 valence electrons. The van der Waals surface area contributed by atoms with Crippen LogP contribution in [-0.2, 0) is 18.5 Å². The second-order valence-electron chi connectivity index (χ2n) is 12.2. The Balaban J connectivity index is 1.41. The summed E-state index contributed by atoms with van der Waals surface area (Å²) in [4.78, 5) is 13.9. The van der Waals surface area contributed by atoms with Gasteiger partial charge in [0.05, 0.1) is 16.7 Å². The average Bonchev–Trinajstić information content (AvgIpc) is 3.17. The van der Waals surface area contributed by atoms with Gasteiger partial charge in [0, 0.05) is 16.7 Å². The minimum absolute atomic E-state index is 0.00327. The summed E-state index contributed by atoms with van der Waals surface area (Å²) >= 11 is 0. The molecule has 7 rings (SSSR count). The maximum Gasteiger partial charge on any atom is 0.417 e. The number of hydrogen-bond acceptors (Lipinski definition) is 3. The number of benzene rings is 6. The molecule has 0 fully saturated rings. The van der Waals surface area contributed by atoms with Gasteiger partial charge in [0.2, 0.25) is 0 Å². The predicted molar refractivity (Wildman–Crippen MR) is 187 cm³/mol. The molecule has 0 amide bonds. The molecule has 0 saturated carbocycles. The number of halogens is 9. The molecule has 0 atom stereocenters. The highest BCUT2D eigenvalue weighted by Gasteiger charge is 2.35. The van der Waals surface area contributed by atoms with Gasteiger partial charge in [-0.1, -0.05) is 109 Å². The van der Waals surface area contributed by atoms with Gasteiger partial charge in [0.25, 0.3) is 0 Å². The van der Waals surface area contributed by atoms with E-state index >= 15 is 0 Å². The lowest BCUT2D eigenvalue weighted by molar-refractivity contribution is -0.137. The fraction of sp³-hybridized carbons (Fsp3) is 0.0714. The lowest BCUT2D eigenvalue weighted by Gasteiger charge is -2.15. The third-order valence-corrected chi connectivity index (χ3v) is 8.63. The molecule has 54 heavy (non-hydrogen) atoms. The lowest BCUT2D eigenvalue weighted by Crippen LogP contribution is -2.07. The van der Waals surface area contributed by atoms with E-state index in [0.717, 1.165) is 18.2 Å². The van der Waals surface area contributed by atoms with Crippen LogP contribution in [0, 0.1) is 0 Å². The first-order chi connectivity index (χ1) is 25.7. The molecular formula is C42H24F9N3. The Bertz CT molecular complexity index is 2200. The van der Waals surface area contributed by atoms with Gasteiger partial charge in [-0.25, -0.2) is 15.0 Å². The summed E-state index contributed by atoms with van der Waals surface area (Å²) in [6, 6.07) is 33.4. The third-order valence-electron chi connectivity index (χ3n) is 8.63. The molecule has 0 saturated heterocycles. The summed E-state index contributed by atoms with van der Waals surface area (Å²) in [5.74, 6) is 0.00980. The minimum atomic E-state index is -4.65. The quantitative estimate of drug-likeness (QED) is 0.159. The van der Waals surface area contributed by atoms with Crippen molar-refractivity contribution in [1.29, 1.82) is 0 Å². The monoisotopic (exact) mass is 741 g/mol. The average molecular weight is 742 g/mol. The molecule has 12 heteroatoms. The van der Waals surface area contributed by atoms with Crippen LogP contribution in [0.15, 0.2) is 146 Å². The van der Waals surface area contributed by atoms with Gasteiger partial charge in [0.1, 0.15) is 0 Å². The van der Waals surface area contributed by atoms with E-state index < -0.39 is 35.2 Å². The van der Waals surface area contributed by atoms with Crippen molar-refractivity contribution in [1.82, 2.24) is 15.0 Å². The normalized spacial score (nSPS) is 12.2. The Morgan fingerprint density at radius 3 is 0.778 bits per heavy atom. The van der Waals surface area contributed by atoms with E-state index in [1.165, 1.54) is 109 Å². The maximum absolute atomic E-state index is 14.0. The second kappa shape index (κ2) is 13.9. The largest absolute Gasteiger partial charge is 0.417 e. The zero-order chi connectivity index (χ0) is 38.3. The van der Waals surface area contributed by atoms with Crippen molar-refractivity contribution in [2.24, 2.45) is 0 Å². The Hall–Kier alpha value is -6.30. The SMILES string of the molecule is FC(F)(F)c1ccccc1-c1cccc(-c2nc(-c3cccc(-c4ccccc4C(F)(F)F)c3)nc(-c3cccc(-c4ccccc4C(F)(F)F)c3)n2)c1. The first-order valence-corrected chi connectivity index (χ1v) is 16.2. The van der Waals surface area contributed by atoms with E-state index in [-0.39, 0.29) is 67.5 Å². The van der Waals surface area contributed by atoms with Gasteiger partial charge >= 0.3 is 18.5 Å². The van der Waals surface area contributed by atoms with Crippen molar-refractivity contribution in [3.05, 3.63) is 162 Å². The third kappa shape index (κ3) is 7.45. The number of nitrogens with zero attached hydrogens (tertiary/aromatic N) is 3. The molecule has 1 aromatic heterocycles. The molecule has 0 radical (unpaired) electrons. The van der Waals surface area contributed by atoms with Crippen LogP contribution in [-0.4, -0.2) is 15.0 Å². The smallest absolute Gasteiger partial charge is 0.208 e. The molecule has 0 unspecified atom stereocenters. The maximum atomic E-state index is 14.0. The van der Waals surface area contributed by atoms with Crippen LogP contribution in [0.5, 0.6) is 0 Å². The minimum Gasteiger partial charge on any atom is -0.208 e. The van der Waals surface area contributed by atoms with Gasteiger partial charge in [-0.05, 0) is 69.8 Å². The van der Waals surface area contributed by atoms with Crippen LogP contribution in [0.25, 0.3) is 67.5 Å². The van der Waals surface area contributed by atoms with Gasteiger partial charge in [-0.2, -0.15) is 39.5 Å². The highest BCUT2D eigenvalue weighted by atomic mass is 19.4. The van der Waals surface area contributed by atoms with Gasteiger partial charge in [-0.3, -0.25) is 0 Å². The van der Waals surface area contributed by atoms with E-state index in [1.54, 1.807) is 18.2 Å². The summed E-state index contributed by atoms with van der Waals surface area (Å²) < 4.78 is 126. The fourth-order valence-electron chi connectivity index (χ4n) is 6.19. The Morgan fingerprint density at radius 1 is 0.278 bits per heavy atom. The molecule has 7 aromatic rings. The zero-order valence-corrected chi connectivity index (χ0v) is 27.6. The van der Waals surface area contributed by atoms with Crippen molar-refractivity contribution < 1.29 is 39.5 Å². The number of aromatic nitrogens is 3. The first kappa shape index (κ1) is 36.1. The highest BCUT2D eigenvalue weighted by Crippen LogP contribution is 2.41. The Labute approximate surface area is 302 Å². The number of rotatable bonds is 6. The van der Waals surface area contributed by atoms with Gasteiger partial charge in [0.15, 0.2) is 17.5 Å². The molecule has 0 aliphatic carbocycles. The van der Waals surface area contributed by atoms with Crippen molar-refractivity contribution >= 4 is 0 Å². The van der Waals surface area contributed by atoms with Crippen LogP contribution in [0.1, 0.15) is 16.7 Å². The molecule has 0 aliphatic heterocycles. The molecule has 0 spiro atoms. The Kier molecular flexibility index (Phi) is 9.30. The van der Waals surface area contributed by atoms with Crippen molar-refractivity contribution in [3.63, 3.8) is 0 Å². The zero-order valence-electron chi connectivity index (χ0n) is 27.6. The van der Waals surface area contributed by atoms with Gasteiger partial charge < -0.3 is 0 Å². The summed E-state index contributed by atoms with van der Waals surface area (Å²) in [7, 11) is 0. The van der Waals surface area contributed by atoms with E-state index in [0.29, 0.717) is 0 Å². The summed E-state index contributed by atoms with van der Waals surface area (Å²) in [5, 5.41) is 0. The topological polar surface area (TPSA) is 38.7 Å². The molecule has 1 heterocycles. The van der Waals surface area contributed by atoms with Crippen LogP contribution in [0.3, 0.4) is 0 Å². The molecule has 0 aliphatic rings. The van der Waals surface area contributed by atoms with Crippen LogP contribution in [0.2, 0.25) is 0 Å². The number of hydrogen-bond donors (Lipinski definition) is 0. The second-order valence-corrected chi connectivity index (χ2v) is 12.2. The predicted octanol–water partition coefficient (Wildman–Crippen LogP) is 12.9. The Morgan fingerprint density at radius 2 is 0.519 bits per heavy atom. The number of alkyl halides is 9. The fourth-order valence-corrected chi connectivity index (χ4v) is 6.19. The van der Waals surface area contributed by atoms with Crippen molar-refractivity contribution in [2.75, 3.05) is 0 Å². The molecule has 6 aromatic carbocycles. The van der Waals surface area contributed by atoms with Crippen LogP contribution >= 0.6 is 0 Å². The molecular weight excluding hydrogens is 717 g/mol. The van der Waals surface area contributed by atoms with Crippen molar-refractivity contribution in [2.45, 2.75) is 18.5 Å². The molecule has 0 bridgehead atoms. The standard InChI is InChI=1S/C42H24F9N3/c43-40(44,45)34-19-4-1-16-31(34)25-10-7-13-28(22-25)37-52-38(29-14-8-11-26(23-29)32-17-2-5-20-35(32)41(46,47)48)54-39(53-37)30-15-9-12-27(24-30)33-18-3-6-21-36(33)42(49,50)51/h1-24H.